The fourth-order valence-corrected chi connectivity index (χ4v) is 8.34. The van der Waals surface area contributed by atoms with Gasteiger partial charge < -0.3 is 17.0 Å². The topological polar surface area (TPSA) is 0 Å². The molecule has 0 spiro atoms. The van der Waals surface area contributed by atoms with Gasteiger partial charge in [0.2, 0.25) is 0 Å². The first-order valence-electron chi connectivity index (χ1n) is 12.2. The molecule has 4 aromatic rings. The van der Waals surface area contributed by atoms with Gasteiger partial charge in [0.25, 0.3) is 0 Å². The van der Waals surface area contributed by atoms with Crippen molar-refractivity contribution in [2.75, 3.05) is 6.16 Å². The third-order valence-electron chi connectivity index (χ3n) is 6.25. The van der Waals surface area contributed by atoms with Gasteiger partial charge in [-0.05, 0) is 60.9 Å². The van der Waals surface area contributed by atoms with Crippen LogP contribution in [0.25, 0.3) is 5.57 Å². The van der Waals surface area contributed by atoms with Crippen LogP contribution < -0.4 is 32.9 Å². The third-order valence-corrected chi connectivity index (χ3v) is 10.4. The van der Waals surface area contributed by atoms with E-state index in [2.05, 4.69) is 159 Å². The molecule has 2 heteroatoms. The molecule has 0 unspecified atom stereocenters. The molecule has 0 heterocycles. The largest absolute Gasteiger partial charge is 1.00 e. The highest BCUT2D eigenvalue weighted by Crippen LogP contribution is 2.54. The average molecular weight is 552 g/mol. The lowest BCUT2D eigenvalue weighted by atomic mass is 9.98. The van der Waals surface area contributed by atoms with E-state index in [4.69, 9.17) is 0 Å². The highest BCUT2D eigenvalue weighted by atomic mass is 79.9. The molecule has 4 rings (SSSR count). The molecule has 4 aromatic carbocycles. The quantitative estimate of drug-likeness (QED) is 0.181. The number of hydrogen-bond donors (Lipinski definition) is 0. The Morgan fingerprint density at radius 2 is 1.08 bits per heavy atom. The van der Waals surface area contributed by atoms with Crippen molar-refractivity contribution in [1.82, 2.24) is 0 Å². The van der Waals surface area contributed by atoms with Gasteiger partial charge in [0, 0.05) is 5.57 Å². The molecule has 180 valence electrons. The fourth-order valence-electron chi connectivity index (χ4n) is 4.54. The van der Waals surface area contributed by atoms with E-state index >= 15 is 0 Å². The smallest absolute Gasteiger partial charge is 0.134 e. The Morgan fingerprint density at radius 3 is 1.47 bits per heavy atom. The predicted molar refractivity (Wildman–Crippen MR) is 156 cm³/mol. The molecule has 0 fully saturated rings. The zero-order valence-electron chi connectivity index (χ0n) is 20.9. The van der Waals surface area contributed by atoms with Crippen LogP contribution in [0.2, 0.25) is 0 Å². The van der Waals surface area contributed by atoms with Crippen molar-refractivity contribution in [3.63, 3.8) is 0 Å². The second kappa shape index (κ2) is 13.8. The van der Waals surface area contributed by atoms with Crippen molar-refractivity contribution >= 4 is 28.7 Å². The van der Waals surface area contributed by atoms with Crippen LogP contribution in [0.1, 0.15) is 25.8 Å². The second-order valence-corrected chi connectivity index (χ2v) is 11.9. The van der Waals surface area contributed by atoms with Crippen LogP contribution in [0.3, 0.4) is 0 Å². The first-order valence-corrected chi connectivity index (χ1v) is 14.2. The molecule has 36 heavy (non-hydrogen) atoms. The Balaban J connectivity index is 0.00000361. The minimum atomic E-state index is -1.97. The zero-order valence-corrected chi connectivity index (χ0v) is 23.4. The lowest BCUT2D eigenvalue weighted by Gasteiger charge is -2.25. The van der Waals surface area contributed by atoms with Gasteiger partial charge >= 0.3 is 0 Å². The molecule has 0 atom stereocenters. The summed E-state index contributed by atoms with van der Waals surface area (Å²) in [6, 6.07) is 43.5. The molecule has 0 amide bonds. The molecule has 0 aromatic heterocycles. The zero-order chi connectivity index (χ0) is 24.3. The molecule has 0 nitrogen and oxygen atoms in total. The molecule has 0 N–H and O–H groups in total. The van der Waals surface area contributed by atoms with Gasteiger partial charge in [-0.15, -0.1) is 0 Å². The van der Waals surface area contributed by atoms with Crippen LogP contribution in [0, 0.1) is 11.8 Å². The van der Waals surface area contributed by atoms with Gasteiger partial charge in [-0.25, -0.2) is 0 Å². The summed E-state index contributed by atoms with van der Waals surface area (Å²) in [7, 11) is -1.97. The standard InChI is InChI=1S/C34H32P.BrH/c1-3-18-29(4-2)34(30-19-9-5-10-20-30)27-17-28-35(31-21-11-6-12-22-31,32-23-13-7-14-24-32)33-25-15-8-16-26-33;/h3,5-16,18-26H,4,28H2,1-2H3;1H/q+1;/p-1/b18-3+,34-29+;. The van der Waals surface area contributed by atoms with Crippen molar-refractivity contribution < 1.29 is 17.0 Å². The Hall–Kier alpha value is -3.17. The van der Waals surface area contributed by atoms with E-state index in [-0.39, 0.29) is 17.0 Å². The van der Waals surface area contributed by atoms with Crippen LogP contribution >= 0.6 is 7.26 Å². The van der Waals surface area contributed by atoms with Crippen LogP contribution in [0.5, 0.6) is 0 Å². The van der Waals surface area contributed by atoms with Crippen LogP contribution in [0.4, 0.5) is 0 Å². The molecule has 0 saturated carbocycles. The molecular formula is C34H32BrP. The van der Waals surface area contributed by atoms with Gasteiger partial charge in [-0.1, -0.05) is 116 Å². The number of rotatable bonds is 7. The number of hydrogen-bond acceptors (Lipinski definition) is 0. The van der Waals surface area contributed by atoms with Crippen LogP contribution in [-0.2, 0) is 0 Å². The molecule has 0 aliphatic heterocycles. The molecule has 0 aliphatic rings. The molecule has 0 radical (unpaired) electrons. The van der Waals surface area contributed by atoms with Crippen LogP contribution in [0.15, 0.2) is 139 Å². The number of halogens is 1. The first kappa shape index (κ1) is 27.4. The monoisotopic (exact) mass is 550 g/mol. The lowest BCUT2D eigenvalue weighted by Crippen LogP contribution is -3.00. The van der Waals surface area contributed by atoms with Crippen molar-refractivity contribution in [3.05, 3.63) is 145 Å². The Labute approximate surface area is 227 Å². The molecule has 0 aliphatic carbocycles. The number of allylic oxidation sites excluding steroid dienone is 4. The Kier molecular flexibility index (Phi) is 10.5. The average Bonchev–Trinajstić information content (AvgIpc) is 2.94. The SMILES string of the molecule is C/C=C/C(CC)=C(\C#CC[P+](c1ccccc1)(c1ccccc1)c1ccccc1)c1ccccc1.[Br-]. The highest BCUT2D eigenvalue weighted by molar-refractivity contribution is 7.95. The first-order chi connectivity index (χ1) is 17.3. The van der Waals surface area contributed by atoms with E-state index in [1.807, 2.05) is 0 Å². The summed E-state index contributed by atoms with van der Waals surface area (Å²) >= 11 is 0. The summed E-state index contributed by atoms with van der Waals surface area (Å²) < 4.78 is 0. The van der Waals surface area contributed by atoms with E-state index in [1.54, 1.807) is 0 Å². The third kappa shape index (κ3) is 6.14. The Bertz CT molecular complexity index is 1230. The van der Waals surface area contributed by atoms with Gasteiger partial charge in [-0.2, -0.15) is 0 Å². The minimum Gasteiger partial charge on any atom is -1.00 e. The summed E-state index contributed by atoms with van der Waals surface area (Å²) in [5.74, 6) is 7.34. The maximum atomic E-state index is 3.70. The molecule has 0 bridgehead atoms. The fraction of sp³-hybridized carbons (Fsp3) is 0.118. The summed E-state index contributed by atoms with van der Waals surface area (Å²) in [4.78, 5) is 0. The van der Waals surface area contributed by atoms with E-state index in [0.29, 0.717) is 0 Å². The van der Waals surface area contributed by atoms with Crippen molar-refractivity contribution in [1.29, 1.82) is 0 Å². The summed E-state index contributed by atoms with van der Waals surface area (Å²) in [5.41, 5.74) is 3.57. The normalized spacial score (nSPS) is 11.7. The van der Waals surface area contributed by atoms with E-state index in [9.17, 15) is 0 Å². The maximum Gasteiger partial charge on any atom is 0.134 e. The lowest BCUT2D eigenvalue weighted by molar-refractivity contribution is -0.00000684. The molecular weight excluding hydrogens is 519 g/mol. The highest BCUT2D eigenvalue weighted by Gasteiger charge is 2.44. The maximum absolute atomic E-state index is 3.70. The van der Waals surface area contributed by atoms with Gasteiger partial charge in [0.1, 0.15) is 29.3 Å². The van der Waals surface area contributed by atoms with E-state index < -0.39 is 7.26 Å². The summed E-state index contributed by atoms with van der Waals surface area (Å²) in [6.07, 6.45) is 6.04. The van der Waals surface area contributed by atoms with E-state index in [0.717, 1.165) is 18.2 Å². The van der Waals surface area contributed by atoms with Crippen LogP contribution in [-0.4, -0.2) is 6.16 Å². The van der Waals surface area contributed by atoms with E-state index in [1.165, 1.54) is 27.1 Å². The van der Waals surface area contributed by atoms with Gasteiger partial charge in [0.15, 0.2) is 0 Å². The Morgan fingerprint density at radius 1 is 0.667 bits per heavy atom. The molecule has 0 saturated heterocycles. The van der Waals surface area contributed by atoms with Crippen molar-refractivity contribution in [3.8, 4) is 11.8 Å². The summed E-state index contributed by atoms with van der Waals surface area (Å²) in [6.45, 7) is 4.28. The summed E-state index contributed by atoms with van der Waals surface area (Å²) in [5, 5.41) is 4.09. The van der Waals surface area contributed by atoms with Gasteiger partial charge in [0.05, 0.1) is 0 Å². The minimum absolute atomic E-state index is 0. The van der Waals surface area contributed by atoms with Crippen molar-refractivity contribution in [2.24, 2.45) is 0 Å². The van der Waals surface area contributed by atoms with Gasteiger partial charge in [-0.3, -0.25) is 0 Å². The number of benzene rings is 4. The predicted octanol–water partition coefficient (Wildman–Crippen LogP) is 4.43. The van der Waals surface area contributed by atoms with Crippen molar-refractivity contribution in [2.45, 2.75) is 20.3 Å². The second-order valence-electron chi connectivity index (χ2n) is 8.40.